The molecule has 0 unspecified atom stereocenters. The average Bonchev–Trinajstić information content (AvgIpc) is 3.04. The number of nitrogen functional groups attached to an aromatic ring is 1. The largest absolute Gasteiger partial charge is 0.497 e. The molecule has 0 aliphatic heterocycles. The van der Waals surface area contributed by atoms with Crippen molar-refractivity contribution < 1.29 is 9.47 Å². The van der Waals surface area contributed by atoms with Crippen molar-refractivity contribution in [3.8, 4) is 17.2 Å². The maximum Gasteiger partial charge on any atom is 0.131 e. The number of fused-ring (bicyclic) bond motifs is 2. The Morgan fingerprint density at radius 1 is 1.00 bits per heavy atom. The van der Waals surface area contributed by atoms with E-state index < -0.39 is 0 Å². The second-order valence-electron chi connectivity index (χ2n) is 5.76. The number of nitrogens with two attached hydrogens (primary N) is 1. The van der Waals surface area contributed by atoms with Crippen molar-refractivity contribution >= 4 is 29.0 Å². The lowest BCUT2D eigenvalue weighted by Crippen LogP contribution is -1.98. The number of anilines is 1. The van der Waals surface area contributed by atoms with Crippen molar-refractivity contribution in [1.82, 2.24) is 4.98 Å². The molecule has 3 aromatic rings. The fourth-order valence-electron chi connectivity index (χ4n) is 3.14. The number of methoxy groups -OCH3 is 1. The SMILES string of the molecule is COc1cccc(Oc2ccc3nc4c(c(N)c3c2)CCC4)c1.Cl. The van der Waals surface area contributed by atoms with E-state index in [9.17, 15) is 0 Å². The van der Waals surface area contributed by atoms with Crippen LogP contribution in [0.4, 0.5) is 5.69 Å². The number of aromatic nitrogens is 1. The van der Waals surface area contributed by atoms with Gasteiger partial charge < -0.3 is 15.2 Å². The van der Waals surface area contributed by atoms with Crippen molar-refractivity contribution in [2.24, 2.45) is 0 Å². The van der Waals surface area contributed by atoms with Crippen LogP contribution in [0.2, 0.25) is 0 Å². The van der Waals surface area contributed by atoms with Gasteiger partial charge in [-0.05, 0) is 55.2 Å². The van der Waals surface area contributed by atoms with Crippen LogP contribution in [0.1, 0.15) is 17.7 Å². The molecule has 2 aromatic carbocycles. The molecule has 0 spiro atoms. The van der Waals surface area contributed by atoms with E-state index in [0.29, 0.717) is 0 Å². The zero-order valence-corrected chi connectivity index (χ0v) is 14.2. The van der Waals surface area contributed by atoms with Crippen LogP contribution in [0, 0.1) is 0 Å². The van der Waals surface area contributed by atoms with Gasteiger partial charge in [-0.1, -0.05) is 6.07 Å². The minimum absolute atomic E-state index is 0. The third-order valence-corrected chi connectivity index (χ3v) is 4.30. The standard InChI is InChI=1S/C19H18N2O2.ClH/c1-22-12-4-2-5-13(10-12)23-14-8-9-18-16(11-14)19(20)15-6-3-7-17(15)21-18;/h2,4-5,8-11H,3,6-7H2,1H3,(H2,20,21);1H. The summed E-state index contributed by atoms with van der Waals surface area (Å²) in [7, 11) is 1.64. The molecule has 0 bridgehead atoms. The number of hydrogen-bond acceptors (Lipinski definition) is 4. The topological polar surface area (TPSA) is 57.4 Å². The first-order valence-corrected chi connectivity index (χ1v) is 7.77. The van der Waals surface area contributed by atoms with Gasteiger partial charge in [0.1, 0.15) is 17.2 Å². The molecule has 0 saturated carbocycles. The molecule has 0 atom stereocenters. The van der Waals surface area contributed by atoms with Gasteiger partial charge in [-0.2, -0.15) is 0 Å². The monoisotopic (exact) mass is 342 g/mol. The van der Waals surface area contributed by atoms with E-state index in [1.807, 2.05) is 42.5 Å². The number of hydrogen-bond donors (Lipinski definition) is 1. The van der Waals surface area contributed by atoms with Crippen LogP contribution in [0.5, 0.6) is 17.2 Å². The number of nitrogens with zero attached hydrogens (tertiary/aromatic N) is 1. The van der Waals surface area contributed by atoms with E-state index in [-0.39, 0.29) is 12.4 Å². The summed E-state index contributed by atoms with van der Waals surface area (Å²) in [5, 5.41) is 0.964. The Morgan fingerprint density at radius 2 is 1.79 bits per heavy atom. The van der Waals surface area contributed by atoms with Gasteiger partial charge in [0.05, 0.1) is 12.6 Å². The van der Waals surface area contributed by atoms with Gasteiger partial charge >= 0.3 is 0 Å². The van der Waals surface area contributed by atoms with Crippen LogP contribution in [0.25, 0.3) is 10.9 Å². The number of rotatable bonds is 3. The summed E-state index contributed by atoms with van der Waals surface area (Å²) in [5.74, 6) is 2.25. The Bertz CT molecular complexity index is 896. The van der Waals surface area contributed by atoms with Crippen LogP contribution in [0.15, 0.2) is 42.5 Å². The highest BCUT2D eigenvalue weighted by Crippen LogP contribution is 2.34. The van der Waals surface area contributed by atoms with Gasteiger partial charge in [0.2, 0.25) is 0 Å². The summed E-state index contributed by atoms with van der Waals surface area (Å²) >= 11 is 0. The highest BCUT2D eigenvalue weighted by Gasteiger charge is 2.18. The highest BCUT2D eigenvalue weighted by molar-refractivity contribution is 5.93. The van der Waals surface area contributed by atoms with Crippen molar-refractivity contribution in [2.45, 2.75) is 19.3 Å². The van der Waals surface area contributed by atoms with E-state index in [0.717, 1.165) is 58.8 Å². The molecule has 0 radical (unpaired) electrons. The minimum Gasteiger partial charge on any atom is -0.497 e. The van der Waals surface area contributed by atoms with Crippen molar-refractivity contribution in [1.29, 1.82) is 0 Å². The Kier molecular flexibility index (Phi) is 4.49. The molecular formula is C19H19ClN2O2. The Balaban J connectivity index is 0.00000169. The molecule has 2 N–H and O–H groups in total. The fraction of sp³-hybridized carbons (Fsp3) is 0.211. The first kappa shape index (κ1) is 16.4. The van der Waals surface area contributed by atoms with Crippen LogP contribution < -0.4 is 15.2 Å². The van der Waals surface area contributed by atoms with Crippen LogP contribution in [0.3, 0.4) is 0 Å². The van der Waals surface area contributed by atoms with Gasteiger partial charge in [-0.25, -0.2) is 0 Å². The second-order valence-corrected chi connectivity index (χ2v) is 5.76. The molecule has 24 heavy (non-hydrogen) atoms. The molecule has 4 rings (SSSR count). The van der Waals surface area contributed by atoms with Gasteiger partial charge in [-0.15, -0.1) is 12.4 Å². The maximum absolute atomic E-state index is 6.36. The molecule has 0 saturated heterocycles. The maximum atomic E-state index is 6.36. The number of benzene rings is 2. The number of pyridine rings is 1. The van der Waals surface area contributed by atoms with E-state index in [1.165, 1.54) is 5.56 Å². The number of ether oxygens (including phenoxy) is 2. The van der Waals surface area contributed by atoms with Crippen LogP contribution >= 0.6 is 12.4 Å². The molecule has 1 aliphatic rings. The Hall–Kier alpha value is -2.46. The van der Waals surface area contributed by atoms with E-state index in [2.05, 4.69) is 0 Å². The lowest BCUT2D eigenvalue weighted by Gasteiger charge is -2.11. The molecule has 1 aliphatic carbocycles. The van der Waals surface area contributed by atoms with Crippen molar-refractivity contribution in [2.75, 3.05) is 12.8 Å². The van der Waals surface area contributed by atoms with Crippen LogP contribution in [-0.4, -0.2) is 12.1 Å². The smallest absolute Gasteiger partial charge is 0.131 e. The molecule has 0 fully saturated rings. The number of aryl methyl sites for hydroxylation is 1. The molecule has 5 heteroatoms. The number of halogens is 1. The summed E-state index contributed by atoms with van der Waals surface area (Å²) in [6.07, 6.45) is 3.18. The predicted molar refractivity (Wildman–Crippen MR) is 98.5 cm³/mol. The quantitative estimate of drug-likeness (QED) is 0.759. The fourth-order valence-corrected chi connectivity index (χ4v) is 3.14. The molecule has 1 aromatic heterocycles. The lowest BCUT2D eigenvalue weighted by molar-refractivity contribution is 0.409. The predicted octanol–water partition coefficient (Wildman–Crippen LogP) is 4.53. The van der Waals surface area contributed by atoms with Gasteiger partial charge in [0.25, 0.3) is 0 Å². The summed E-state index contributed by atoms with van der Waals surface area (Å²) in [6, 6.07) is 13.4. The molecule has 4 nitrogen and oxygen atoms in total. The Labute approximate surface area is 147 Å². The molecule has 0 amide bonds. The summed E-state index contributed by atoms with van der Waals surface area (Å²) in [5.41, 5.74) is 10.5. The summed E-state index contributed by atoms with van der Waals surface area (Å²) in [4.78, 5) is 4.74. The van der Waals surface area contributed by atoms with Crippen molar-refractivity contribution in [3.05, 3.63) is 53.7 Å². The molecular weight excluding hydrogens is 324 g/mol. The Morgan fingerprint density at radius 3 is 2.62 bits per heavy atom. The summed E-state index contributed by atoms with van der Waals surface area (Å²) in [6.45, 7) is 0. The molecule has 124 valence electrons. The van der Waals surface area contributed by atoms with Gasteiger partial charge in [0.15, 0.2) is 0 Å². The van der Waals surface area contributed by atoms with Crippen molar-refractivity contribution in [3.63, 3.8) is 0 Å². The summed E-state index contributed by atoms with van der Waals surface area (Å²) < 4.78 is 11.2. The van der Waals surface area contributed by atoms with Crippen LogP contribution in [-0.2, 0) is 12.8 Å². The highest BCUT2D eigenvalue weighted by atomic mass is 35.5. The van der Waals surface area contributed by atoms with Gasteiger partial charge in [0, 0.05) is 22.8 Å². The third kappa shape index (κ3) is 2.85. The normalized spacial score (nSPS) is 12.5. The first-order chi connectivity index (χ1) is 11.2. The minimum atomic E-state index is 0. The van der Waals surface area contributed by atoms with E-state index >= 15 is 0 Å². The van der Waals surface area contributed by atoms with E-state index in [4.69, 9.17) is 20.2 Å². The average molecular weight is 343 g/mol. The lowest BCUT2D eigenvalue weighted by atomic mass is 10.1. The zero-order chi connectivity index (χ0) is 15.8. The first-order valence-electron chi connectivity index (χ1n) is 7.77. The molecule has 1 heterocycles. The second kappa shape index (κ2) is 6.57. The zero-order valence-electron chi connectivity index (χ0n) is 13.4. The third-order valence-electron chi connectivity index (χ3n) is 4.30. The van der Waals surface area contributed by atoms with Gasteiger partial charge in [-0.3, -0.25) is 4.98 Å². The van der Waals surface area contributed by atoms with E-state index in [1.54, 1.807) is 7.11 Å².